The molecule has 150 valence electrons. The largest absolute Gasteiger partial charge is 0.459 e. The Balaban J connectivity index is 4.38. The SMILES string of the molecule is CC[C@H](C)CCC[C@@H](C)C[C@@H](C)C(=O)O[C@H](CC)[C@@H](O)[C@H](O)C(C)C. The molecule has 0 amide bonds. The molecule has 0 rings (SSSR count). The fourth-order valence-electron chi connectivity index (χ4n) is 3.11. The topological polar surface area (TPSA) is 66.8 Å². The van der Waals surface area contributed by atoms with Gasteiger partial charge in [0, 0.05) is 0 Å². The first-order valence-corrected chi connectivity index (χ1v) is 10.2. The lowest BCUT2D eigenvalue weighted by atomic mass is 9.91. The quantitative estimate of drug-likeness (QED) is 0.473. The first-order chi connectivity index (χ1) is 11.6. The Kier molecular flexibility index (Phi) is 12.4. The van der Waals surface area contributed by atoms with Gasteiger partial charge in [-0.05, 0) is 30.6 Å². The van der Waals surface area contributed by atoms with Gasteiger partial charge in [0.15, 0.2) is 0 Å². The Bertz CT molecular complexity index is 356. The number of hydrogen-bond donors (Lipinski definition) is 2. The summed E-state index contributed by atoms with van der Waals surface area (Å²) in [5.74, 6) is 0.726. The molecule has 25 heavy (non-hydrogen) atoms. The van der Waals surface area contributed by atoms with Crippen molar-refractivity contribution in [1.29, 1.82) is 0 Å². The molecule has 0 aromatic carbocycles. The van der Waals surface area contributed by atoms with Gasteiger partial charge < -0.3 is 14.9 Å². The second-order valence-electron chi connectivity index (χ2n) is 8.30. The van der Waals surface area contributed by atoms with Crippen molar-refractivity contribution in [1.82, 2.24) is 0 Å². The van der Waals surface area contributed by atoms with Gasteiger partial charge in [0.05, 0.1) is 12.0 Å². The van der Waals surface area contributed by atoms with E-state index in [4.69, 9.17) is 4.74 Å². The molecule has 4 heteroatoms. The lowest BCUT2D eigenvalue weighted by Crippen LogP contribution is -2.43. The molecule has 0 aliphatic carbocycles. The van der Waals surface area contributed by atoms with Gasteiger partial charge in [0.25, 0.3) is 0 Å². The maximum Gasteiger partial charge on any atom is 0.309 e. The van der Waals surface area contributed by atoms with Crippen molar-refractivity contribution in [3.05, 3.63) is 0 Å². The number of esters is 1. The van der Waals surface area contributed by atoms with Gasteiger partial charge in [-0.25, -0.2) is 0 Å². The second kappa shape index (κ2) is 12.7. The van der Waals surface area contributed by atoms with Crippen LogP contribution in [0.5, 0.6) is 0 Å². The highest BCUT2D eigenvalue weighted by atomic mass is 16.6. The van der Waals surface area contributed by atoms with Crippen LogP contribution in [-0.4, -0.2) is 34.5 Å². The number of hydrogen-bond acceptors (Lipinski definition) is 4. The molecule has 0 saturated carbocycles. The third kappa shape index (κ3) is 9.60. The molecule has 0 radical (unpaired) electrons. The highest BCUT2D eigenvalue weighted by molar-refractivity contribution is 5.72. The van der Waals surface area contributed by atoms with Crippen molar-refractivity contribution in [2.24, 2.45) is 23.7 Å². The standard InChI is InChI=1S/C21H42O4/c1-8-15(5)11-10-12-16(6)13-17(7)21(24)25-18(9-2)20(23)19(22)14(3)4/h14-20,22-23H,8-13H2,1-7H3/t15-,16+,17+,18+,19+,20+/m0/s1. The van der Waals surface area contributed by atoms with E-state index < -0.39 is 18.3 Å². The summed E-state index contributed by atoms with van der Waals surface area (Å²) in [5, 5.41) is 20.2. The molecule has 0 bridgehead atoms. The molecule has 4 nitrogen and oxygen atoms in total. The molecule has 0 spiro atoms. The van der Waals surface area contributed by atoms with Gasteiger partial charge in [-0.3, -0.25) is 4.79 Å². The summed E-state index contributed by atoms with van der Waals surface area (Å²) in [7, 11) is 0. The molecule has 0 aliphatic rings. The Morgan fingerprint density at radius 2 is 1.44 bits per heavy atom. The highest BCUT2D eigenvalue weighted by Gasteiger charge is 2.31. The van der Waals surface area contributed by atoms with E-state index in [0.717, 1.165) is 18.8 Å². The predicted molar refractivity (Wildman–Crippen MR) is 103 cm³/mol. The third-order valence-corrected chi connectivity index (χ3v) is 5.33. The number of ether oxygens (including phenoxy) is 1. The van der Waals surface area contributed by atoms with Crippen LogP contribution in [0.2, 0.25) is 0 Å². The van der Waals surface area contributed by atoms with Crippen molar-refractivity contribution in [2.45, 2.75) is 105 Å². The summed E-state index contributed by atoms with van der Waals surface area (Å²) in [4.78, 5) is 12.4. The van der Waals surface area contributed by atoms with Gasteiger partial charge in [-0.15, -0.1) is 0 Å². The van der Waals surface area contributed by atoms with Crippen LogP contribution >= 0.6 is 0 Å². The van der Waals surface area contributed by atoms with Gasteiger partial charge in [0.1, 0.15) is 12.2 Å². The Hall–Kier alpha value is -0.610. The number of carbonyl (C=O) groups excluding carboxylic acids is 1. The number of aliphatic hydroxyl groups excluding tert-OH is 2. The van der Waals surface area contributed by atoms with E-state index in [2.05, 4.69) is 20.8 Å². The van der Waals surface area contributed by atoms with Crippen LogP contribution in [0.15, 0.2) is 0 Å². The maximum absolute atomic E-state index is 12.4. The minimum Gasteiger partial charge on any atom is -0.459 e. The van der Waals surface area contributed by atoms with Gasteiger partial charge in [0.2, 0.25) is 0 Å². The Morgan fingerprint density at radius 1 is 0.880 bits per heavy atom. The first kappa shape index (κ1) is 24.4. The normalized spacial score (nSPS) is 19.1. The smallest absolute Gasteiger partial charge is 0.309 e. The zero-order valence-corrected chi connectivity index (χ0v) is 17.5. The van der Waals surface area contributed by atoms with Gasteiger partial charge in [-0.1, -0.05) is 74.1 Å². The van der Waals surface area contributed by atoms with Crippen molar-refractivity contribution in [3.63, 3.8) is 0 Å². The third-order valence-electron chi connectivity index (χ3n) is 5.33. The minimum atomic E-state index is -1.03. The van der Waals surface area contributed by atoms with Crippen LogP contribution in [0.3, 0.4) is 0 Å². The summed E-state index contributed by atoms with van der Waals surface area (Å²) >= 11 is 0. The molecule has 0 fully saturated rings. The minimum absolute atomic E-state index is 0.0780. The average molecular weight is 359 g/mol. The molecule has 0 saturated heterocycles. The number of aliphatic hydroxyl groups is 2. The van der Waals surface area contributed by atoms with Crippen molar-refractivity contribution in [3.8, 4) is 0 Å². The summed E-state index contributed by atoms with van der Waals surface area (Å²) in [6.07, 6.45) is 3.54. The van der Waals surface area contributed by atoms with Crippen molar-refractivity contribution in [2.75, 3.05) is 0 Å². The summed E-state index contributed by atoms with van der Waals surface area (Å²) in [6, 6.07) is 0. The van der Waals surface area contributed by atoms with E-state index in [1.54, 1.807) is 0 Å². The first-order valence-electron chi connectivity index (χ1n) is 10.2. The van der Waals surface area contributed by atoms with Crippen LogP contribution in [-0.2, 0) is 9.53 Å². The Labute approximate surface area is 155 Å². The molecule has 2 N–H and O–H groups in total. The van der Waals surface area contributed by atoms with Gasteiger partial charge in [-0.2, -0.15) is 0 Å². The fourth-order valence-corrected chi connectivity index (χ4v) is 3.11. The van der Waals surface area contributed by atoms with E-state index >= 15 is 0 Å². The number of carbonyl (C=O) groups is 1. The van der Waals surface area contributed by atoms with Gasteiger partial charge >= 0.3 is 5.97 Å². The average Bonchev–Trinajstić information content (AvgIpc) is 2.57. The van der Waals surface area contributed by atoms with E-state index in [0.29, 0.717) is 12.3 Å². The molecule has 0 unspecified atom stereocenters. The summed E-state index contributed by atoms with van der Waals surface area (Å²) < 4.78 is 5.51. The van der Waals surface area contributed by atoms with Crippen LogP contribution < -0.4 is 0 Å². The zero-order chi connectivity index (χ0) is 19.6. The number of rotatable bonds is 13. The summed E-state index contributed by atoms with van der Waals surface area (Å²) in [5.41, 5.74) is 0. The monoisotopic (exact) mass is 358 g/mol. The molecule has 0 aromatic rings. The molecule has 0 aliphatic heterocycles. The van der Waals surface area contributed by atoms with Crippen LogP contribution in [0.1, 0.15) is 87.0 Å². The molecule has 6 atom stereocenters. The van der Waals surface area contributed by atoms with E-state index in [1.807, 2.05) is 27.7 Å². The highest BCUT2D eigenvalue weighted by Crippen LogP contribution is 2.23. The molecular weight excluding hydrogens is 316 g/mol. The van der Waals surface area contributed by atoms with Crippen molar-refractivity contribution < 1.29 is 19.7 Å². The fraction of sp³-hybridized carbons (Fsp3) is 0.952. The van der Waals surface area contributed by atoms with Crippen LogP contribution in [0.4, 0.5) is 0 Å². The van der Waals surface area contributed by atoms with E-state index in [-0.39, 0.29) is 17.8 Å². The Morgan fingerprint density at radius 3 is 1.92 bits per heavy atom. The molecular formula is C21H42O4. The maximum atomic E-state index is 12.4. The lowest BCUT2D eigenvalue weighted by molar-refractivity contribution is -0.166. The second-order valence-corrected chi connectivity index (χ2v) is 8.30. The lowest BCUT2D eigenvalue weighted by Gasteiger charge is -2.29. The van der Waals surface area contributed by atoms with Crippen LogP contribution in [0.25, 0.3) is 0 Å². The van der Waals surface area contributed by atoms with Crippen molar-refractivity contribution >= 4 is 5.97 Å². The van der Waals surface area contributed by atoms with E-state index in [1.165, 1.54) is 19.3 Å². The predicted octanol–water partition coefficient (Wildman–Crippen LogP) is 4.56. The molecule has 0 aromatic heterocycles. The van der Waals surface area contributed by atoms with E-state index in [9.17, 15) is 15.0 Å². The molecule has 0 heterocycles. The zero-order valence-electron chi connectivity index (χ0n) is 17.5. The summed E-state index contributed by atoms with van der Waals surface area (Å²) in [6.45, 7) is 14.1. The van der Waals surface area contributed by atoms with Crippen LogP contribution in [0, 0.1) is 23.7 Å².